The van der Waals surface area contributed by atoms with Gasteiger partial charge in [-0.3, -0.25) is 4.79 Å². The van der Waals surface area contributed by atoms with Crippen LogP contribution in [0.15, 0.2) is 18.2 Å². The number of rotatable bonds is 4. The predicted octanol–water partition coefficient (Wildman–Crippen LogP) is 3.89. The third-order valence-electron chi connectivity index (χ3n) is 4.37. The highest BCUT2D eigenvalue weighted by Gasteiger charge is 2.33. The molecule has 3 N–H and O–H groups in total. The van der Waals surface area contributed by atoms with E-state index in [-0.39, 0.29) is 11.3 Å². The van der Waals surface area contributed by atoms with Crippen molar-refractivity contribution >= 4 is 23.2 Å². The van der Waals surface area contributed by atoms with Crippen molar-refractivity contribution in [2.45, 2.75) is 45.4 Å². The first-order valence-electron chi connectivity index (χ1n) is 7.31. The Morgan fingerprint density at radius 3 is 2.65 bits per heavy atom. The van der Waals surface area contributed by atoms with Gasteiger partial charge in [-0.2, -0.15) is 0 Å². The fourth-order valence-electron chi connectivity index (χ4n) is 3.07. The molecule has 0 aliphatic heterocycles. The van der Waals surface area contributed by atoms with Gasteiger partial charge in [-0.05, 0) is 43.4 Å². The van der Waals surface area contributed by atoms with Crippen LogP contribution in [0.4, 0.5) is 5.69 Å². The third kappa shape index (κ3) is 3.53. The van der Waals surface area contributed by atoms with Crippen LogP contribution in [0.5, 0.6) is 0 Å². The Morgan fingerprint density at radius 2 is 2.05 bits per heavy atom. The molecule has 1 fully saturated rings. The lowest BCUT2D eigenvalue weighted by Crippen LogP contribution is -2.36. The average molecular weight is 295 g/mol. The highest BCUT2D eigenvalue weighted by atomic mass is 35.5. The Labute approximate surface area is 125 Å². The summed E-state index contributed by atoms with van der Waals surface area (Å²) in [6, 6.07) is 5.63. The summed E-state index contributed by atoms with van der Waals surface area (Å²) in [6.07, 6.45) is 6.21. The Bertz CT molecular complexity index is 461. The van der Waals surface area contributed by atoms with Gasteiger partial charge in [-0.15, -0.1) is 0 Å². The van der Waals surface area contributed by atoms with E-state index in [1.807, 2.05) is 19.1 Å². The third-order valence-corrected chi connectivity index (χ3v) is 4.68. The molecular weight excluding hydrogens is 272 g/mol. The summed E-state index contributed by atoms with van der Waals surface area (Å²) in [7, 11) is 0. The summed E-state index contributed by atoms with van der Waals surface area (Å²) in [5.41, 5.74) is 7.62. The van der Waals surface area contributed by atoms with Gasteiger partial charge in [-0.1, -0.05) is 43.0 Å². The highest BCUT2D eigenvalue weighted by molar-refractivity contribution is 6.33. The molecule has 2 rings (SSSR count). The first kappa shape index (κ1) is 15.3. The SMILES string of the molecule is Cc1cccc(Cl)c1NC(=O)CC1(CN)CCCCC1. The van der Waals surface area contributed by atoms with E-state index in [9.17, 15) is 4.79 Å². The topological polar surface area (TPSA) is 55.1 Å². The zero-order chi connectivity index (χ0) is 14.6. The zero-order valence-corrected chi connectivity index (χ0v) is 12.8. The van der Waals surface area contributed by atoms with E-state index in [4.69, 9.17) is 17.3 Å². The van der Waals surface area contributed by atoms with Crippen LogP contribution in [0.25, 0.3) is 0 Å². The van der Waals surface area contributed by atoms with Crippen molar-refractivity contribution in [1.29, 1.82) is 0 Å². The minimum absolute atomic E-state index is 0.0164. The second-order valence-corrected chi connectivity index (χ2v) is 6.33. The number of nitrogens with two attached hydrogens (primary N) is 1. The molecule has 4 heteroatoms. The maximum absolute atomic E-state index is 12.3. The Kier molecular flexibility index (Phi) is 5.06. The van der Waals surface area contributed by atoms with Crippen molar-refractivity contribution in [3.05, 3.63) is 28.8 Å². The lowest BCUT2D eigenvalue weighted by Gasteiger charge is -2.35. The second kappa shape index (κ2) is 6.59. The minimum atomic E-state index is -0.0164. The number of hydrogen-bond acceptors (Lipinski definition) is 2. The number of hydrogen-bond donors (Lipinski definition) is 2. The number of benzene rings is 1. The van der Waals surface area contributed by atoms with Crippen molar-refractivity contribution in [3.63, 3.8) is 0 Å². The van der Waals surface area contributed by atoms with E-state index in [1.165, 1.54) is 19.3 Å². The fraction of sp³-hybridized carbons (Fsp3) is 0.562. The summed E-state index contributed by atoms with van der Waals surface area (Å²) >= 11 is 6.15. The number of anilines is 1. The largest absolute Gasteiger partial charge is 0.330 e. The van der Waals surface area contributed by atoms with E-state index < -0.39 is 0 Å². The molecule has 0 heterocycles. The number of carbonyl (C=O) groups is 1. The Morgan fingerprint density at radius 1 is 1.35 bits per heavy atom. The number of halogens is 1. The van der Waals surface area contributed by atoms with Crippen LogP contribution in [-0.4, -0.2) is 12.5 Å². The quantitative estimate of drug-likeness (QED) is 0.885. The van der Waals surface area contributed by atoms with Gasteiger partial charge in [0.05, 0.1) is 10.7 Å². The lowest BCUT2D eigenvalue weighted by molar-refractivity contribution is -0.118. The van der Waals surface area contributed by atoms with Crippen LogP contribution in [0.3, 0.4) is 0 Å². The van der Waals surface area contributed by atoms with E-state index in [1.54, 1.807) is 6.07 Å². The minimum Gasteiger partial charge on any atom is -0.330 e. The molecule has 1 saturated carbocycles. The molecular formula is C16H23ClN2O. The van der Waals surface area contributed by atoms with Crippen molar-refractivity contribution in [2.24, 2.45) is 11.1 Å². The van der Waals surface area contributed by atoms with E-state index >= 15 is 0 Å². The first-order chi connectivity index (χ1) is 9.56. The fourth-order valence-corrected chi connectivity index (χ4v) is 3.34. The summed E-state index contributed by atoms with van der Waals surface area (Å²) < 4.78 is 0. The summed E-state index contributed by atoms with van der Waals surface area (Å²) in [5, 5.41) is 3.55. The second-order valence-electron chi connectivity index (χ2n) is 5.92. The van der Waals surface area contributed by atoms with Crippen molar-refractivity contribution in [1.82, 2.24) is 0 Å². The van der Waals surface area contributed by atoms with Gasteiger partial charge in [0.1, 0.15) is 0 Å². The number of aryl methyl sites for hydroxylation is 1. The van der Waals surface area contributed by atoms with Gasteiger partial charge in [0.15, 0.2) is 0 Å². The van der Waals surface area contributed by atoms with Crippen LogP contribution in [-0.2, 0) is 4.79 Å². The summed E-state index contributed by atoms with van der Waals surface area (Å²) in [5.74, 6) is 0.0218. The molecule has 1 aromatic carbocycles. The molecule has 1 aliphatic carbocycles. The van der Waals surface area contributed by atoms with Crippen molar-refractivity contribution in [3.8, 4) is 0 Å². The molecule has 20 heavy (non-hydrogen) atoms. The smallest absolute Gasteiger partial charge is 0.225 e. The molecule has 0 unspecified atom stereocenters. The molecule has 0 atom stereocenters. The highest BCUT2D eigenvalue weighted by Crippen LogP contribution is 2.38. The molecule has 0 radical (unpaired) electrons. The molecule has 1 aromatic rings. The van der Waals surface area contributed by atoms with E-state index in [0.717, 1.165) is 24.1 Å². The molecule has 110 valence electrons. The van der Waals surface area contributed by atoms with Crippen LogP contribution in [0.1, 0.15) is 44.1 Å². The summed E-state index contributed by atoms with van der Waals surface area (Å²) in [6.45, 7) is 2.53. The van der Waals surface area contributed by atoms with Crippen molar-refractivity contribution in [2.75, 3.05) is 11.9 Å². The molecule has 1 aliphatic rings. The van der Waals surface area contributed by atoms with Crippen LogP contribution in [0, 0.1) is 12.3 Å². The number of amides is 1. The van der Waals surface area contributed by atoms with E-state index in [2.05, 4.69) is 5.32 Å². The number of nitrogens with one attached hydrogen (secondary N) is 1. The van der Waals surface area contributed by atoms with Gasteiger partial charge < -0.3 is 11.1 Å². The number of para-hydroxylation sites is 1. The standard InChI is InChI=1S/C16H23ClN2O/c1-12-6-5-7-13(17)15(12)19-14(20)10-16(11-18)8-3-2-4-9-16/h5-7H,2-4,8-11,18H2,1H3,(H,19,20). The molecule has 3 nitrogen and oxygen atoms in total. The zero-order valence-electron chi connectivity index (χ0n) is 12.0. The monoisotopic (exact) mass is 294 g/mol. The Hall–Kier alpha value is -1.06. The maximum Gasteiger partial charge on any atom is 0.225 e. The molecule has 1 amide bonds. The van der Waals surface area contributed by atoms with Gasteiger partial charge >= 0.3 is 0 Å². The normalized spacial score (nSPS) is 17.8. The lowest BCUT2D eigenvalue weighted by atomic mass is 9.71. The molecule has 0 spiro atoms. The average Bonchev–Trinajstić information content (AvgIpc) is 2.44. The first-order valence-corrected chi connectivity index (χ1v) is 7.69. The Balaban J connectivity index is 2.05. The van der Waals surface area contributed by atoms with Crippen LogP contribution in [0.2, 0.25) is 5.02 Å². The van der Waals surface area contributed by atoms with Gasteiger partial charge in [0.25, 0.3) is 0 Å². The molecule has 0 aromatic heterocycles. The molecule has 0 bridgehead atoms. The van der Waals surface area contributed by atoms with Crippen molar-refractivity contribution < 1.29 is 4.79 Å². The van der Waals surface area contributed by atoms with Crippen LogP contribution >= 0.6 is 11.6 Å². The predicted molar refractivity (Wildman–Crippen MR) is 84.0 cm³/mol. The number of carbonyl (C=O) groups excluding carboxylic acids is 1. The molecule has 0 saturated heterocycles. The van der Waals surface area contributed by atoms with Gasteiger partial charge in [-0.25, -0.2) is 0 Å². The maximum atomic E-state index is 12.3. The summed E-state index contributed by atoms with van der Waals surface area (Å²) in [4.78, 5) is 12.3. The van der Waals surface area contributed by atoms with Gasteiger partial charge in [0.2, 0.25) is 5.91 Å². The van der Waals surface area contributed by atoms with Crippen LogP contribution < -0.4 is 11.1 Å². The van der Waals surface area contributed by atoms with E-state index in [0.29, 0.717) is 18.0 Å². The van der Waals surface area contributed by atoms with Gasteiger partial charge in [0, 0.05) is 6.42 Å².